The van der Waals surface area contributed by atoms with Gasteiger partial charge in [0.1, 0.15) is 16.8 Å². The molecule has 152 valence electrons. The van der Waals surface area contributed by atoms with Crippen LogP contribution in [0.3, 0.4) is 0 Å². The van der Waals surface area contributed by atoms with Crippen molar-refractivity contribution >= 4 is 28.3 Å². The summed E-state index contributed by atoms with van der Waals surface area (Å²) in [4.78, 5) is 18.8. The third-order valence-corrected chi connectivity index (χ3v) is 5.79. The zero-order chi connectivity index (χ0) is 20.5. The Morgan fingerprint density at radius 3 is 2.45 bits per heavy atom. The molecule has 1 aromatic carbocycles. The van der Waals surface area contributed by atoms with Crippen LogP contribution in [0.1, 0.15) is 42.4 Å². The molecule has 0 unspecified atom stereocenters. The third-order valence-electron chi connectivity index (χ3n) is 5.46. The van der Waals surface area contributed by atoms with E-state index in [1.807, 2.05) is 6.92 Å². The van der Waals surface area contributed by atoms with Gasteiger partial charge >= 0.3 is 0 Å². The molecule has 1 saturated heterocycles. The highest BCUT2D eigenvalue weighted by molar-refractivity contribution is 6.30. The molecule has 1 fully saturated rings. The van der Waals surface area contributed by atoms with Crippen LogP contribution in [0.5, 0.6) is 0 Å². The fourth-order valence-corrected chi connectivity index (χ4v) is 3.98. The maximum absolute atomic E-state index is 6.50. The molecule has 0 amide bonds. The van der Waals surface area contributed by atoms with E-state index in [4.69, 9.17) is 16.6 Å². The van der Waals surface area contributed by atoms with Gasteiger partial charge in [0.25, 0.3) is 0 Å². The molecular formula is C23H28ClN5. The van der Waals surface area contributed by atoms with Crippen molar-refractivity contribution in [2.75, 3.05) is 31.1 Å². The van der Waals surface area contributed by atoms with Gasteiger partial charge in [-0.2, -0.15) is 0 Å². The number of pyridine rings is 1. The zero-order valence-corrected chi connectivity index (χ0v) is 18.4. The summed E-state index contributed by atoms with van der Waals surface area (Å²) in [6, 6.07) is 10.6. The average Bonchev–Trinajstić information content (AvgIpc) is 2.69. The Balaban J connectivity index is 1.45. The maximum Gasteiger partial charge on any atom is 0.134 e. The Kier molecular flexibility index (Phi) is 5.70. The molecule has 6 heteroatoms. The van der Waals surface area contributed by atoms with E-state index < -0.39 is 0 Å². The predicted octanol–water partition coefficient (Wildman–Crippen LogP) is 4.74. The Labute approximate surface area is 177 Å². The number of hydrogen-bond donors (Lipinski definition) is 0. The minimum Gasteiger partial charge on any atom is -0.354 e. The van der Waals surface area contributed by atoms with Gasteiger partial charge in [-0.25, -0.2) is 15.0 Å². The molecule has 0 saturated carbocycles. The van der Waals surface area contributed by atoms with Crippen LogP contribution in [0.15, 0.2) is 30.3 Å². The van der Waals surface area contributed by atoms with Gasteiger partial charge < -0.3 is 4.90 Å². The smallest absolute Gasteiger partial charge is 0.134 e. The van der Waals surface area contributed by atoms with Crippen molar-refractivity contribution in [3.8, 4) is 0 Å². The van der Waals surface area contributed by atoms with E-state index in [2.05, 4.69) is 70.9 Å². The summed E-state index contributed by atoms with van der Waals surface area (Å²) >= 11 is 6.50. The quantitative estimate of drug-likeness (QED) is 0.582. The monoisotopic (exact) mass is 409 g/mol. The minimum atomic E-state index is 0.335. The number of fused-ring (bicyclic) bond motifs is 1. The number of piperazine rings is 1. The van der Waals surface area contributed by atoms with E-state index in [9.17, 15) is 0 Å². The van der Waals surface area contributed by atoms with Gasteiger partial charge in [-0.3, -0.25) is 4.90 Å². The number of hydrogen-bond acceptors (Lipinski definition) is 5. The molecule has 3 aromatic rings. The van der Waals surface area contributed by atoms with Gasteiger partial charge in [0.2, 0.25) is 0 Å². The molecule has 3 heterocycles. The zero-order valence-electron chi connectivity index (χ0n) is 17.6. The normalized spacial score (nSPS) is 15.4. The summed E-state index contributed by atoms with van der Waals surface area (Å²) < 4.78 is 0. The van der Waals surface area contributed by atoms with E-state index in [1.165, 1.54) is 5.56 Å². The Morgan fingerprint density at radius 1 is 0.966 bits per heavy atom. The van der Waals surface area contributed by atoms with Crippen LogP contribution in [0.25, 0.3) is 10.9 Å². The first-order valence-electron chi connectivity index (χ1n) is 10.3. The van der Waals surface area contributed by atoms with Crippen LogP contribution in [-0.2, 0) is 6.54 Å². The molecule has 0 radical (unpaired) electrons. The second kappa shape index (κ2) is 8.25. The van der Waals surface area contributed by atoms with Gasteiger partial charge in [-0.05, 0) is 31.5 Å². The van der Waals surface area contributed by atoms with Crippen LogP contribution >= 0.6 is 11.6 Å². The molecule has 0 bridgehead atoms. The molecule has 1 aliphatic heterocycles. The van der Waals surface area contributed by atoms with E-state index >= 15 is 0 Å². The Bertz CT molecular complexity index is 1030. The van der Waals surface area contributed by atoms with Crippen molar-refractivity contribution in [3.63, 3.8) is 0 Å². The van der Waals surface area contributed by atoms with Gasteiger partial charge in [-0.15, -0.1) is 0 Å². The number of nitrogens with zero attached hydrogens (tertiary/aromatic N) is 5. The number of rotatable bonds is 4. The molecule has 0 atom stereocenters. The molecule has 0 N–H and O–H groups in total. The van der Waals surface area contributed by atoms with Crippen LogP contribution in [0.2, 0.25) is 5.15 Å². The highest BCUT2D eigenvalue weighted by atomic mass is 35.5. The van der Waals surface area contributed by atoms with Crippen molar-refractivity contribution in [1.29, 1.82) is 0 Å². The highest BCUT2D eigenvalue weighted by Gasteiger charge is 2.20. The van der Waals surface area contributed by atoms with E-state index in [0.717, 1.165) is 66.5 Å². The fraction of sp³-hybridized carbons (Fsp3) is 0.435. The first-order chi connectivity index (χ1) is 13.9. The third kappa shape index (κ3) is 4.51. The van der Waals surface area contributed by atoms with Crippen LogP contribution in [-0.4, -0.2) is 46.0 Å². The lowest BCUT2D eigenvalue weighted by Gasteiger charge is -2.35. The molecule has 1 aliphatic rings. The predicted molar refractivity (Wildman–Crippen MR) is 120 cm³/mol. The lowest BCUT2D eigenvalue weighted by molar-refractivity contribution is 0.249. The van der Waals surface area contributed by atoms with Gasteiger partial charge in [0.05, 0.1) is 5.52 Å². The SMILES string of the molecule is Cc1ccc2cc(CN3CCN(c4cc(C)nc(C(C)C)n4)CC3)c(Cl)nc2c1. The van der Waals surface area contributed by atoms with Gasteiger partial charge in [0.15, 0.2) is 0 Å². The van der Waals surface area contributed by atoms with Gasteiger partial charge in [0, 0.05) is 61.4 Å². The second-order valence-electron chi connectivity index (χ2n) is 8.28. The summed E-state index contributed by atoms with van der Waals surface area (Å²) in [5.74, 6) is 2.30. The number of aromatic nitrogens is 3. The van der Waals surface area contributed by atoms with Crippen molar-refractivity contribution in [1.82, 2.24) is 19.9 Å². The molecule has 0 spiro atoms. The summed E-state index contributed by atoms with van der Waals surface area (Å²) in [7, 11) is 0. The number of anilines is 1. The number of benzene rings is 1. The van der Waals surface area contributed by atoms with Crippen LogP contribution in [0.4, 0.5) is 5.82 Å². The topological polar surface area (TPSA) is 45.2 Å². The van der Waals surface area contributed by atoms with Crippen LogP contribution < -0.4 is 4.90 Å². The van der Waals surface area contributed by atoms with E-state index in [0.29, 0.717) is 11.1 Å². The van der Waals surface area contributed by atoms with Gasteiger partial charge in [-0.1, -0.05) is 37.6 Å². The summed E-state index contributed by atoms with van der Waals surface area (Å²) in [5, 5.41) is 1.75. The highest BCUT2D eigenvalue weighted by Crippen LogP contribution is 2.24. The van der Waals surface area contributed by atoms with Crippen molar-refractivity contribution in [2.45, 2.75) is 40.2 Å². The maximum atomic E-state index is 6.50. The molecule has 5 nitrogen and oxygen atoms in total. The Morgan fingerprint density at radius 2 is 1.72 bits per heavy atom. The van der Waals surface area contributed by atoms with Crippen molar-refractivity contribution in [3.05, 3.63) is 58.1 Å². The van der Waals surface area contributed by atoms with Crippen molar-refractivity contribution < 1.29 is 0 Å². The number of aryl methyl sites for hydroxylation is 2. The summed E-state index contributed by atoms with van der Waals surface area (Å²) in [6.45, 7) is 13.1. The standard InChI is InChI=1S/C23H28ClN5/c1-15(2)23-25-17(4)12-21(27-23)29-9-7-28(8-10-29)14-19-13-18-6-5-16(3)11-20(18)26-22(19)24/h5-6,11-13,15H,7-10,14H2,1-4H3. The molecule has 0 aliphatic carbocycles. The summed E-state index contributed by atoms with van der Waals surface area (Å²) in [6.07, 6.45) is 0. The van der Waals surface area contributed by atoms with Crippen LogP contribution in [0, 0.1) is 13.8 Å². The largest absolute Gasteiger partial charge is 0.354 e. The lowest BCUT2D eigenvalue weighted by Crippen LogP contribution is -2.46. The first kappa shape index (κ1) is 20.0. The molecular weight excluding hydrogens is 382 g/mol. The minimum absolute atomic E-state index is 0.335. The van der Waals surface area contributed by atoms with Crippen molar-refractivity contribution in [2.24, 2.45) is 0 Å². The molecule has 29 heavy (non-hydrogen) atoms. The molecule has 4 rings (SSSR count). The van der Waals surface area contributed by atoms with E-state index in [-0.39, 0.29) is 0 Å². The summed E-state index contributed by atoms with van der Waals surface area (Å²) in [5.41, 5.74) is 4.29. The lowest BCUT2D eigenvalue weighted by atomic mass is 10.1. The van der Waals surface area contributed by atoms with E-state index in [1.54, 1.807) is 0 Å². The molecule has 2 aromatic heterocycles. The second-order valence-corrected chi connectivity index (χ2v) is 8.64. The average molecular weight is 410 g/mol. The first-order valence-corrected chi connectivity index (χ1v) is 10.7. The Hall–Kier alpha value is -2.24. The number of halogens is 1. The fourth-order valence-electron chi connectivity index (χ4n) is 3.78.